The summed E-state index contributed by atoms with van der Waals surface area (Å²) in [6.07, 6.45) is 0. The van der Waals surface area contributed by atoms with E-state index in [1.807, 2.05) is 0 Å². The van der Waals surface area contributed by atoms with E-state index < -0.39 is 7.82 Å². The first-order chi connectivity index (χ1) is 19.8. The Kier molecular flexibility index (Phi) is 1250. The van der Waals surface area contributed by atoms with Gasteiger partial charge in [-0.25, -0.2) is 0 Å². The van der Waals surface area contributed by atoms with Gasteiger partial charge in [0.1, 0.15) is 58.9 Å². The summed E-state index contributed by atoms with van der Waals surface area (Å²) < 4.78 is 24.3. The molecule has 0 bridgehead atoms. The number of aromatic amines is 3. The normalized spacial score (nSPS) is 8.07. The Morgan fingerprint density at radius 1 is 0.274 bits per heavy atom. The maximum Gasteiger partial charge on any atom is 0.228 e. The Bertz CT molecular complexity index is 1030. The van der Waals surface area contributed by atoms with Gasteiger partial charge in [0.25, 0.3) is 0 Å². The Morgan fingerprint density at radius 3 is 0.463 bits per heavy atom. The molecule has 638 valence electrons. The predicted molar refractivity (Wildman–Crippen MR) is 172 cm³/mol. The van der Waals surface area contributed by atoms with Crippen LogP contribution in [0.3, 0.4) is 0 Å². The van der Waals surface area contributed by atoms with Crippen LogP contribution >= 0.6 is 7.82 Å². The summed E-state index contributed by atoms with van der Waals surface area (Å²) in [5.74, 6) is 2.35. The van der Waals surface area contributed by atoms with Gasteiger partial charge >= 0.3 is 0 Å². The third kappa shape index (κ3) is 243. The molecule has 0 amide bonds. The number of ether oxygens (including phenoxy) is 3. The van der Waals surface area contributed by atoms with Crippen LogP contribution in [0.5, 0.6) is 0 Å². The van der Waals surface area contributed by atoms with Crippen molar-refractivity contribution in [1.29, 1.82) is 0 Å². The molecule has 3 aliphatic heterocycles. The molecule has 64 nitrogen and oxygen atoms in total. The number of hydrogen-bond acceptors (Lipinski definition) is 16. The van der Waals surface area contributed by atoms with E-state index >= 15 is 0 Å². The largest absolute Gasteiger partial charge is 2.00 e. The maximum absolute atomic E-state index is 8.55. The van der Waals surface area contributed by atoms with E-state index in [0.29, 0.717) is 0 Å². The van der Waals surface area contributed by atoms with Crippen molar-refractivity contribution in [3.05, 3.63) is 17.5 Å². The molecule has 0 aromatic carbocycles. The van der Waals surface area contributed by atoms with Crippen molar-refractivity contribution in [3.63, 3.8) is 0 Å². The molecule has 18 N–H and O–H groups in total. The molecule has 6 heterocycles. The molecule has 3 aromatic heterocycles. The van der Waals surface area contributed by atoms with Crippen LogP contribution in [0.1, 0.15) is 17.5 Å². The number of phosphoric acid groups is 1. The van der Waals surface area contributed by atoms with Gasteiger partial charge in [-0.3, -0.25) is 0 Å². The first kappa shape index (κ1) is 432. The zero-order chi connectivity index (χ0) is 29.2. The summed E-state index contributed by atoms with van der Waals surface area (Å²) in [6.45, 7) is 13.8. The van der Waals surface area contributed by atoms with Gasteiger partial charge < -0.3 is 278 Å². The van der Waals surface area contributed by atoms with E-state index in [4.69, 9.17) is 33.5 Å². The monoisotopic (exact) mass is 3500 g/mol. The number of nitrogens with zero attached hydrogens (tertiary/aromatic N) is 9. The molecule has 0 saturated carbocycles. The molecule has 3 aliphatic rings. The van der Waals surface area contributed by atoms with Gasteiger partial charge in [0.2, 0.25) is 17.5 Å². The Hall–Kier alpha value is 3.66. The first-order valence-electron chi connectivity index (χ1n) is 13.0. The SMILES string of the molecule is C1C[NH+](Cc2nn[nH]n2)CCO1.C1C[NH+](Cc2nn[nH]n2)CCO1.C1C[NH+](Cc2nn[nH]n2)CCO1.O.O.O.O.O.O.O=P([O-])([O-])[O-].[O-2].[O-2].[O-2].[O-2].[O-2].[O-2].[O-2].[O-2].[O-2].[O-2].[O-2].[O-2].[O-2].[O-2].[O-2].[O-2].[O-2].[O-2].[O-2].[O-2].[O-2].[O-2].[O-2].[O-2].[O-2].[O-2].[O-2].[O-2].[O-2].[O-2].[O-2].[O-2].[O-2].[O-2].[O-2].[O-2].[W].[W].[W].[W].[W].[W].[W].[W].[W].[W].[W].[W]. The van der Waals surface area contributed by atoms with Crippen LogP contribution in [0.25, 0.3) is 0 Å². The van der Waals surface area contributed by atoms with Gasteiger partial charge in [0.05, 0.1) is 39.6 Å². The van der Waals surface area contributed by atoms with Crippen LogP contribution in [0.2, 0.25) is 0 Å². The standard InChI is InChI=1S/3C6H11N5O.H3O4P.6H2O.36O.12W/c3*1-3-12-4-2-11(1)5-6-7-9-10-8-6;1-5(2,3)4;;;;;;;;;;;;;;;;;;;;;;;;;;;;;;;;;;;;;;;;;;;;;;;;;;;;;;/h3*1-5H2,(H,7,8,9,10);(H3,1,2,3,4);6*1H2;;;;;;;;;;;;;;;;;;;;;;;;;;;;;;;;;;;;;;;;;;;;;;;;/q;;;;;;;;;;36*-2;;;;;;;;;;;;. The van der Waals surface area contributed by atoms with Gasteiger partial charge in [-0.15, -0.1) is 30.6 Å². The van der Waals surface area contributed by atoms with E-state index in [2.05, 4.69) is 61.9 Å². The van der Waals surface area contributed by atoms with Crippen molar-refractivity contribution >= 4 is 7.82 Å². The van der Waals surface area contributed by atoms with E-state index in [0.717, 1.165) is 116 Å². The van der Waals surface area contributed by atoms with E-state index in [-0.39, 0.29) is 483 Å². The second-order valence-corrected chi connectivity index (χ2v) is 9.94. The molecule has 3 aromatic rings. The predicted octanol–water partition coefficient (Wildman–Crippen LogP) is -19.2. The maximum atomic E-state index is 8.55. The molecule has 0 aliphatic carbocycles. The quantitative estimate of drug-likeness (QED) is 0.125. The van der Waals surface area contributed by atoms with Crippen molar-refractivity contribution < 1.29 is 531 Å². The summed E-state index contributed by atoms with van der Waals surface area (Å²) in [6, 6.07) is 0. The topological polar surface area (TPSA) is 1510 Å². The number of tetrazole rings is 3. The fourth-order valence-corrected chi connectivity index (χ4v) is 3.95. The number of aromatic nitrogens is 12. The smallest absolute Gasteiger partial charge is 0.228 e. The fourth-order valence-electron chi connectivity index (χ4n) is 3.95. The molecule has 6 rings (SSSR count). The Morgan fingerprint density at radius 2 is 0.379 bits per heavy atom. The second kappa shape index (κ2) is 274. The van der Waals surface area contributed by atoms with Crippen molar-refractivity contribution in [1.82, 2.24) is 61.9 Å². The molecule has 0 atom stereocenters. The summed E-state index contributed by atoms with van der Waals surface area (Å²) in [5.41, 5.74) is 0. The Labute approximate surface area is 709 Å². The minimum Gasteiger partial charge on any atom is -2.00 e. The molecule has 77 heteroatoms. The first-order valence-corrected chi connectivity index (χ1v) is 14.4. The summed E-state index contributed by atoms with van der Waals surface area (Å²) >= 11 is 0. The summed E-state index contributed by atoms with van der Waals surface area (Å²) in [5, 5.41) is 41.3. The van der Waals surface area contributed by atoms with E-state index in [1.54, 1.807) is 0 Å². The fraction of sp³-hybridized carbons (Fsp3) is 0.833. The molecule has 3 saturated heterocycles. The number of nitrogens with one attached hydrogen (secondary N) is 6. The zero-order valence-electron chi connectivity index (χ0n) is 45.0. The van der Waals surface area contributed by atoms with Gasteiger partial charge in [-0.1, -0.05) is 0 Å². The molecule has 0 radical (unpaired) electrons. The van der Waals surface area contributed by atoms with Crippen LogP contribution in [0, 0.1) is 0 Å². The van der Waals surface area contributed by atoms with Crippen molar-refractivity contribution in [3.8, 4) is 0 Å². The number of morpholine rings is 3. The Balaban J connectivity index is -0.00000000442. The van der Waals surface area contributed by atoms with Crippen LogP contribution in [-0.4, -0.2) is 174 Å². The number of H-pyrrole nitrogens is 3. The molecule has 0 unspecified atom stereocenters. The molecular formula is C18H48N15O49PW12-72. The number of hydrogen-bond donors (Lipinski definition) is 6. The van der Waals surface area contributed by atoms with Gasteiger partial charge in [0, 0.05) is 253 Å². The van der Waals surface area contributed by atoms with Crippen molar-refractivity contribution in [2.75, 3.05) is 78.9 Å². The summed E-state index contributed by atoms with van der Waals surface area (Å²) in [4.78, 5) is 30.0. The molecular weight excluding hydrogens is 3450 g/mol. The number of rotatable bonds is 6. The molecule has 95 heavy (non-hydrogen) atoms. The van der Waals surface area contributed by atoms with Gasteiger partial charge in [-0.2, -0.15) is 23.5 Å². The van der Waals surface area contributed by atoms with Crippen molar-refractivity contribution in [2.45, 2.75) is 19.6 Å². The third-order valence-electron chi connectivity index (χ3n) is 5.99. The zero-order valence-corrected chi connectivity index (χ0v) is 81.1. The van der Waals surface area contributed by atoms with Crippen LogP contribution in [0.15, 0.2) is 0 Å². The van der Waals surface area contributed by atoms with Gasteiger partial charge in [-0.05, 0) is 15.6 Å². The minimum atomic E-state index is -5.39. The molecule has 3 fully saturated rings. The van der Waals surface area contributed by atoms with Crippen LogP contribution < -0.4 is 29.4 Å². The van der Waals surface area contributed by atoms with Crippen LogP contribution in [-0.2, 0) is 488 Å². The van der Waals surface area contributed by atoms with Crippen LogP contribution in [0.4, 0.5) is 0 Å². The number of quaternary nitrogens is 3. The van der Waals surface area contributed by atoms with Gasteiger partial charge in [0.15, 0.2) is 0 Å². The third-order valence-corrected chi connectivity index (χ3v) is 5.99. The average Bonchev–Trinajstić information content (AvgIpc) is 3.76. The minimum absolute atomic E-state index is 0. The van der Waals surface area contributed by atoms with E-state index in [1.165, 1.54) is 14.7 Å². The average molecular weight is 3500 g/mol. The summed E-state index contributed by atoms with van der Waals surface area (Å²) in [7, 11) is -5.39. The second-order valence-electron chi connectivity index (χ2n) is 9.05. The van der Waals surface area contributed by atoms with E-state index in [9.17, 15) is 0 Å². The molecule has 0 spiro atoms. The van der Waals surface area contributed by atoms with Crippen molar-refractivity contribution in [2.24, 2.45) is 0 Å².